The van der Waals surface area contributed by atoms with Gasteiger partial charge in [-0.3, -0.25) is 0 Å². The summed E-state index contributed by atoms with van der Waals surface area (Å²) in [6.45, 7) is 5.59. The third-order valence-electron chi connectivity index (χ3n) is 4.39. The first-order chi connectivity index (χ1) is 7.64. The normalized spacial score (nSPS) is 38.1. The van der Waals surface area contributed by atoms with Crippen molar-refractivity contribution in [1.29, 1.82) is 0 Å². The van der Waals surface area contributed by atoms with Crippen molar-refractivity contribution in [3.8, 4) is 0 Å². The second-order valence-corrected chi connectivity index (χ2v) is 6.21. The molecule has 0 bridgehead atoms. The van der Waals surface area contributed by atoms with Gasteiger partial charge in [-0.2, -0.15) is 12.6 Å². The predicted molar refractivity (Wildman–Crippen MR) is 71.0 cm³/mol. The van der Waals surface area contributed by atoms with Crippen molar-refractivity contribution < 1.29 is 5.11 Å². The van der Waals surface area contributed by atoms with E-state index in [2.05, 4.69) is 24.5 Å². The fourth-order valence-corrected chi connectivity index (χ4v) is 3.42. The highest BCUT2D eigenvalue weighted by molar-refractivity contribution is 7.80. The van der Waals surface area contributed by atoms with Crippen molar-refractivity contribution in [2.24, 2.45) is 11.8 Å². The second kappa shape index (κ2) is 5.28. The first-order valence-electron chi connectivity index (χ1n) is 6.69. The highest BCUT2D eigenvalue weighted by Crippen LogP contribution is 2.39. The van der Waals surface area contributed by atoms with Crippen LogP contribution >= 0.6 is 12.6 Å². The summed E-state index contributed by atoms with van der Waals surface area (Å²) in [7, 11) is 0. The number of hydrogen-bond donors (Lipinski definition) is 2. The molecule has 2 fully saturated rings. The number of fused-ring (bicyclic) bond motifs is 1. The van der Waals surface area contributed by atoms with Crippen LogP contribution in [0.4, 0.5) is 0 Å². The van der Waals surface area contributed by atoms with Crippen molar-refractivity contribution in [2.45, 2.75) is 44.6 Å². The van der Waals surface area contributed by atoms with Gasteiger partial charge in [-0.1, -0.05) is 19.8 Å². The standard InChI is InChI=1S/C13H25NOS/c1-11(10-16)8-14-7-6-13(15)5-3-2-4-12(13)9-14/h11-12,15-16H,2-10H2,1H3. The predicted octanol–water partition coefficient (Wildman–Crippen LogP) is 2.18. The summed E-state index contributed by atoms with van der Waals surface area (Å²) >= 11 is 4.35. The SMILES string of the molecule is CC(CS)CN1CCC2(O)CCCCC2C1. The number of aliphatic hydroxyl groups is 1. The number of hydrogen-bond acceptors (Lipinski definition) is 3. The van der Waals surface area contributed by atoms with Crippen LogP contribution in [0.15, 0.2) is 0 Å². The Hall–Kier alpha value is 0.270. The van der Waals surface area contributed by atoms with Gasteiger partial charge >= 0.3 is 0 Å². The Labute approximate surface area is 105 Å². The number of thiol groups is 1. The van der Waals surface area contributed by atoms with E-state index in [0.29, 0.717) is 11.8 Å². The minimum Gasteiger partial charge on any atom is -0.390 e. The van der Waals surface area contributed by atoms with Crippen LogP contribution in [0.5, 0.6) is 0 Å². The maximum absolute atomic E-state index is 10.6. The zero-order chi connectivity index (χ0) is 11.6. The van der Waals surface area contributed by atoms with Gasteiger partial charge in [0.15, 0.2) is 0 Å². The summed E-state index contributed by atoms with van der Waals surface area (Å²) in [6.07, 6.45) is 5.77. The summed E-state index contributed by atoms with van der Waals surface area (Å²) < 4.78 is 0. The molecule has 2 nitrogen and oxygen atoms in total. The highest BCUT2D eigenvalue weighted by atomic mass is 32.1. The average molecular weight is 243 g/mol. The molecular weight excluding hydrogens is 218 g/mol. The van der Waals surface area contributed by atoms with Gasteiger partial charge in [-0.15, -0.1) is 0 Å². The first-order valence-corrected chi connectivity index (χ1v) is 7.33. The molecule has 1 saturated carbocycles. The molecule has 2 aliphatic rings. The molecule has 0 aromatic carbocycles. The number of nitrogens with zero attached hydrogens (tertiary/aromatic N) is 1. The lowest BCUT2D eigenvalue weighted by atomic mass is 9.71. The lowest BCUT2D eigenvalue weighted by molar-refractivity contribution is -0.0965. The molecule has 0 aromatic heterocycles. The maximum Gasteiger partial charge on any atom is 0.0700 e. The molecule has 3 unspecified atom stereocenters. The monoisotopic (exact) mass is 243 g/mol. The Kier molecular flexibility index (Phi) is 4.20. The van der Waals surface area contributed by atoms with E-state index >= 15 is 0 Å². The van der Waals surface area contributed by atoms with Gasteiger partial charge < -0.3 is 10.0 Å². The molecular formula is C13H25NOS. The molecule has 1 N–H and O–H groups in total. The Morgan fingerprint density at radius 1 is 1.44 bits per heavy atom. The van der Waals surface area contributed by atoms with E-state index in [9.17, 15) is 5.11 Å². The molecule has 94 valence electrons. The first kappa shape index (κ1) is 12.7. The number of likely N-dealkylation sites (tertiary alicyclic amines) is 1. The Balaban J connectivity index is 1.89. The van der Waals surface area contributed by atoms with Crippen LogP contribution in [0.1, 0.15) is 39.0 Å². The molecule has 1 aliphatic heterocycles. The van der Waals surface area contributed by atoms with Gasteiger partial charge in [-0.25, -0.2) is 0 Å². The molecule has 0 aromatic rings. The van der Waals surface area contributed by atoms with Gasteiger partial charge in [0.25, 0.3) is 0 Å². The molecule has 3 heteroatoms. The third kappa shape index (κ3) is 2.74. The second-order valence-electron chi connectivity index (χ2n) is 5.84. The lowest BCUT2D eigenvalue weighted by Gasteiger charge is -2.47. The quantitative estimate of drug-likeness (QED) is 0.742. The molecule has 1 saturated heterocycles. The minimum atomic E-state index is -0.320. The van der Waals surface area contributed by atoms with Crippen molar-refractivity contribution in [3.63, 3.8) is 0 Å². The lowest BCUT2D eigenvalue weighted by Crippen LogP contribution is -2.53. The Morgan fingerprint density at radius 2 is 2.25 bits per heavy atom. The minimum absolute atomic E-state index is 0.320. The summed E-state index contributed by atoms with van der Waals surface area (Å²) in [6, 6.07) is 0. The van der Waals surface area contributed by atoms with Crippen LogP contribution in [-0.2, 0) is 0 Å². The molecule has 0 amide bonds. The molecule has 3 atom stereocenters. The molecule has 1 aliphatic carbocycles. The fourth-order valence-electron chi connectivity index (χ4n) is 3.30. The van der Waals surface area contributed by atoms with Crippen LogP contribution in [0.25, 0.3) is 0 Å². The smallest absolute Gasteiger partial charge is 0.0700 e. The van der Waals surface area contributed by atoms with Gasteiger partial charge in [0.05, 0.1) is 5.60 Å². The summed E-state index contributed by atoms with van der Waals surface area (Å²) in [5.74, 6) is 2.16. The zero-order valence-corrected chi connectivity index (χ0v) is 11.3. The van der Waals surface area contributed by atoms with Gasteiger partial charge in [0.1, 0.15) is 0 Å². The highest BCUT2D eigenvalue weighted by Gasteiger charge is 2.42. The molecule has 0 radical (unpaired) electrons. The number of piperidine rings is 1. The van der Waals surface area contributed by atoms with Crippen molar-refractivity contribution in [3.05, 3.63) is 0 Å². The van der Waals surface area contributed by atoms with E-state index in [1.165, 1.54) is 19.3 Å². The Morgan fingerprint density at radius 3 is 3.00 bits per heavy atom. The van der Waals surface area contributed by atoms with Crippen molar-refractivity contribution >= 4 is 12.6 Å². The van der Waals surface area contributed by atoms with Crippen LogP contribution in [0.3, 0.4) is 0 Å². The molecule has 1 heterocycles. The molecule has 0 spiro atoms. The van der Waals surface area contributed by atoms with E-state index in [-0.39, 0.29) is 5.60 Å². The van der Waals surface area contributed by atoms with Gasteiger partial charge in [0, 0.05) is 25.6 Å². The van der Waals surface area contributed by atoms with E-state index < -0.39 is 0 Å². The zero-order valence-electron chi connectivity index (χ0n) is 10.4. The fraction of sp³-hybridized carbons (Fsp3) is 1.00. The summed E-state index contributed by atoms with van der Waals surface area (Å²) in [4.78, 5) is 2.53. The third-order valence-corrected chi connectivity index (χ3v) is 5.02. The van der Waals surface area contributed by atoms with E-state index in [1.54, 1.807) is 0 Å². The van der Waals surface area contributed by atoms with E-state index in [1.807, 2.05) is 0 Å². The molecule has 16 heavy (non-hydrogen) atoms. The Bertz CT molecular complexity index is 236. The van der Waals surface area contributed by atoms with Crippen LogP contribution in [0, 0.1) is 11.8 Å². The van der Waals surface area contributed by atoms with Crippen molar-refractivity contribution in [2.75, 3.05) is 25.4 Å². The van der Waals surface area contributed by atoms with Crippen LogP contribution in [-0.4, -0.2) is 41.0 Å². The van der Waals surface area contributed by atoms with E-state index in [0.717, 1.165) is 38.2 Å². The van der Waals surface area contributed by atoms with E-state index in [4.69, 9.17) is 0 Å². The van der Waals surface area contributed by atoms with Crippen LogP contribution in [0.2, 0.25) is 0 Å². The summed E-state index contributed by atoms with van der Waals surface area (Å²) in [5, 5.41) is 10.6. The van der Waals surface area contributed by atoms with Crippen molar-refractivity contribution in [1.82, 2.24) is 4.90 Å². The van der Waals surface area contributed by atoms with Gasteiger partial charge in [-0.05, 0) is 30.9 Å². The number of rotatable bonds is 3. The topological polar surface area (TPSA) is 23.5 Å². The largest absolute Gasteiger partial charge is 0.390 e. The summed E-state index contributed by atoms with van der Waals surface area (Å²) in [5.41, 5.74) is -0.320. The average Bonchev–Trinajstić information content (AvgIpc) is 2.29. The van der Waals surface area contributed by atoms with Gasteiger partial charge in [0.2, 0.25) is 0 Å². The molecule has 2 rings (SSSR count). The van der Waals surface area contributed by atoms with Crippen LogP contribution < -0.4 is 0 Å². The maximum atomic E-state index is 10.6.